The van der Waals surface area contributed by atoms with Gasteiger partial charge in [-0.05, 0) is 71.2 Å². The highest BCUT2D eigenvalue weighted by Crippen LogP contribution is 2.33. The van der Waals surface area contributed by atoms with Gasteiger partial charge < -0.3 is 4.74 Å². The van der Waals surface area contributed by atoms with E-state index in [-0.39, 0.29) is 5.76 Å². The van der Waals surface area contributed by atoms with Crippen LogP contribution in [0.3, 0.4) is 0 Å². The topological polar surface area (TPSA) is 29.5 Å². The number of carbonyl (C=O) groups excluding carboxylic acids is 1. The molecule has 0 saturated carbocycles. The lowest BCUT2D eigenvalue weighted by molar-refractivity contribution is -0.180. The summed E-state index contributed by atoms with van der Waals surface area (Å²) in [5, 5.41) is 0. The third kappa shape index (κ3) is 4.84. The van der Waals surface area contributed by atoms with E-state index in [1.807, 2.05) is 30.4 Å². The van der Waals surface area contributed by atoms with Crippen molar-refractivity contribution < 1.29 is 22.7 Å². The zero-order chi connectivity index (χ0) is 19.6. The van der Waals surface area contributed by atoms with E-state index < -0.39 is 12.1 Å². The smallest absolute Gasteiger partial charge is 0.462 e. The molecule has 0 bridgehead atoms. The van der Waals surface area contributed by atoms with Crippen molar-refractivity contribution >= 4 is 44.4 Å². The van der Waals surface area contributed by atoms with E-state index in [4.69, 9.17) is 4.74 Å². The summed E-state index contributed by atoms with van der Waals surface area (Å²) in [5.41, 5.74) is 2.81. The molecule has 0 unspecified atom stereocenters. The normalized spacial score (nSPS) is 17.1. The van der Waals surface area contributed by atoms with Gasteiger partial charge in [-0.25, -0.2) is 0 Å². The fourth-order valence-corrected chi connectivity index (χ4v) is 3.78. The molecule has 1 aromatic rings. The summed E-state index contributed by atoms with van der Waals surface area (Å²) in [6, 6.07) is 6.00. The molecule has 3 rings (SSSR count). The quantitative estimate of drug-likeness (QED) is 0.433. The maximum atomic E-state index is 12.7. The van der Waals surface area contributed by atoms with Crippen LogP contribution in [0.4, 0.5) is 13.2 Å². The second kappa shape index (κ2) is 8.22. The Hall–Kier alpha value is -1.55. The molecule has 0 fully saturated rings. The first-order valence-corrected chi connectivity index (χ1v) is 9.90. The van der Waals surface area contributed by atoms with Crippen LogP contribution in [-0.4, -0.2) is 17.0 Å². The predicted molar refractivity (Wildman–Crippen MR) is 107 cm³/mol. The number of allylic oxidation sites excluding steroid dienone is 4. The van der Waals surface area contributed by atoms with Crippen molar-refractivity contribution in [3.05, 3.63) is 79.5 Å². The van der Waals surface area contributed by atoms with Crippen LogP contribution in [0.5, 0.6) is 0 Å². The van der Waals surface area contributed by atoms with Gasteiger partial charge in [0.15, 0.2) is 0 Å². The van der Waals surface area contributed by atoms with Gasteiger partial charge in [-0.1, -0.05) is 28.1 Å². The number of hydrogen-bond donors (Lipinski definition) is 0. The van der Waals surface area contributed by atoms with Crippen LogP contribution < -0.4 is 0 Å². The molecule has 142 valence electrons. The first kappa shape index (κ1) is 20.2. The molecule has 27 heavy (non-hydrogen) atoms. The highest BCUT2D eigenvalue weighted by Gasteiger charge is 2.42. The maximum absolute atomic E-state index is 12.7. The van der Waals surface area contributed by atoms with Crippen molar-refractivity contribution in [3.8, 4) is 0 Å². The van der Waals surface area contributed by atoms with Crippen molar-refractivity contribution in [1.82, 2.24) is 4.90 Å². The molecule has 1 heterocycles. The first-order valence-electron chi connectivity index (χ1n) is 8.03. The fourth-order valence-electron chi connectivity index (χ4n) is 2.84. The van der Waals surface area contributed by atoms with E-state index in [1.165, 1.54) is 0 Å². The molecule has 0 spiro atoms. The van der Waals surface area contributed by atoms with Crippen LogP contribution in [0.25, 0.3) is 0 Å². The van der Waals surface area contributed by atoms with Gasteiger partial charge in [0, 0.05) is 19.8 Å². The summed E-state index contributed by atoms with van der Waals surface area (Å²) in [5.74, 6) is -1.69. The molecule has 0 atom stereocenters. The maximum Gasteiger partial charge on any atom is 0.472 e. The molecule has 1 aromatic carbocycles. The minimum Gasteiger partial charge on any atom is -0.462 e. The van der Waals surface area contributed by atoms with Crippen LogP contribution in [0, 0.1) is 3.57 Å². The summed E-state index contributed by atoms with van der Waals surface area (Å²) in [4.78, 5) is 12.0. The largest absolute Gasteiger partial charge is 0.472 e. The van der Waals surface area contributed by atoms with Crippen LogP contribution in [0.15, 0.2) is 70.4 Å². The Morgan fingerprint density at radius 1 is 1.33 bits per heavy atom. The van der Waals surface area contributed by atoms with Crippen LogP contribution in [0.1, 0.15) is 18.4 Å². The molecule has 0 N–H and O–H groups in total. The number of halogens is 5. The van der Waals surface area contributed by atoms with Gasteiger partial charge in [-0.3, -0.25) is 9.69 Å². The highest BCUT2D eigenvalue weighted by molar-refractivity contribution is 14.1. The molecule has 0 aromatic heterocycles. The monoisotopic (exact) mass is 551 g/mol. The van der Waals surface area contributed by atoms with Gasteiger partial charge in [0.05, 0.1) is 6.20 Å². The van der Waals surface area contributed by atoms with Crippen LogP contribution in [0.2, 0.25) is 0 Å². The van der Waals surface area contributed by atoms with Gasteiger partial charge >= 0.3 is 12.1 Å². The van der Waals surface area contributed by atoms with E-state index in [0.29, 0.717) is 17.7 Å². The van der Waals surface area contributed by atoms with Crippen molar-refractivity contribution in [2.75, 3.05) is 0 Å². The van der Waals surface area contributed by atoms with E-state index in [2.05, 4.69) is 38.5 Å². The summed E-state index contributed by atoms with van der Waals surface area (Å²) in [7, 11) is 0. The zero-order valence-electron chi connectivity index (χ0n) is 13.9. The first-order chi connectivity index (χ1) is 12.8. The SMILES string of the molecule is O=C(N1C=COC(C2=C(Cc3cc(I)ccc3Br)C=CCC2)=C1)C(F)(F)F. The van der Waals surface area contributed by atoms with E-state index >= 15 is 0 Å². The molecule has 3 nitrogen and oxygen atoms in total. The standard InChI is InChI=1S/C19H14BrF3INO2/c20-16-6-5-14(24)10-13(16)9-12-3-1-2-4-15(12)17-11-25(7-8-27-17)18(26)19(21,22)23/h1,3,5-8,10-11H,2,4,9H2. The number of hydrogen-bond acceptors (Lipinski definition) is 2. The molecule has 2 aliphatic rings. The van der Waals surface area contributed by atoms with Gasteiger partial charge in [0.1, 0.15) is 12.0 Å². The van der Waals surface area contributed by atoms with Gasteiger partial charge in [-0.2, -0.15) is 13.2 Å². The second-order valence-corrected chi connectivity index (χ2v) is 8.06. The van der Waals surface area contributed by atoms with Crippen molar-refractivity contribution in [3.63, 3.8) is 0 Å². The molecule has 0 saturated heterocycles. The molecule has 0 radical (unpaired) electrons. The molecule has 8 heteroatoms. The number of carbonyl (C=O) groups is 1. The Bertz CT molecular complexity index is 887. The average molecular weight is 552 g/mol. The molecule has 1 amide bonds. The predicted octanol–water partition coefficient (Wildman–Crippen LogP) is 5.98. The zero-order valence-corrected chi connectivity index (χ0v) is 17.6. The average Bonchev–Trinajstić information content (AvgIpc) is 2.64. The minimum absolute atomic E-state index is 0.260. The molecular weight excluding hydrogens is 538 g/mol. The summed E-state index contributed by atoms with van der Waals surface area (Å²) < 4.78 is 45.7. The Labute approximate surface area is 176 Å². The Morgan fingerprint density at radius 3 is 2.85 bits per heavy atom. The number of rotatable bonds is 3. The van der Waals surface area contributed by atoms with E-state index in [9.17, 15) is 18.0 Å². The number of ether oxygens (including phenoxy) is 1. The minimum atomic E-state index is -4.95. The van der Waals surface area contributed by atoms with Crippen LogP contribution in [-0.2, 0) is 16.0 Å². The van der Waals surface area contributed by atoms with Crippen LogP contribution >= 0.6 is 38.5 Å². The summed E-state index contributed by atoms with van der Waals surface area (Å²) >= 11 is 5.77. The lowest BCUT2D eigenvalue weighted by Crippen LogP contribution is -2.35. The summed E-state index contributed by atoms with van der Waals surface area (Å²) in [6.45, 7) is 0. The fraction of sp³-hybridized carbons (Fsp3) is 0.211. The van der Waals surface area contributed by atoms with Gasteiger partial charge in [0.2, 0.25) is 0 Å². The van der Waals surface area contributed by atoms with Gasteiger partial charge in [-0.15, -0.1) is 0 Å². The lowest BCUT2D eigenvalue weighted by atomic mass is 9.91. The third-order valence-corrected chi connectivity index (χ3v) is 5.55. The number of benzene rings is 1. The van der Waals surface area contributed by atoms with Gasteiger partial charge in [0.25, 0.3) is 0 Å². The lowest BCUT2D eigenvalue weighted by Gasteiger charge is -2.24. The Kier molecular flexibility index (Phi) is 6.15. The van der Waals surface area contributed by atoms with E-state index in [1.54, 1.807) is 0 Å². The van der Waals surface area contributed by atoms with E-state index in [0.717, 1.165) is 49.8 Å². The van der Waals surface area contributed by atoms with Crippen molar-refractivity contribution in [1.29, 1.82) is 0 Å². The van der Waals surface area contributed by atoms with Crippen molar-refractivity contribution in [2.45, 2.75) is 25.4 Å². The molecular formula is C19H14BrF3INO2. The summed E-state index contributed by atoms with van der Waals surface area (Å²) in [6.07, 6.45) is 4.19. The number of nitrogens with zero attached hydrogens (tertiary/aromatic N) is 1. The molecule has 1 aliphatic heterocycles. The Balaban J connectivity index is 1.94. The highest BCUT2D eigenvalue weighted by atomic mass is 127. The van der Waals surface area contributed by atoms with Crippen molar-refractivity contribution in [2.24, 2.45) is 0 Å². The number of alkyl halides is 3. The number of amides is 1. The molecule has 1 aliphatic carbocycles. The Morgan fingerprint density at radius 2 is 2.11 bits per heavy atom. The second-order valence-electron chi connectivity index (χ2n) is 5.96. The third-order valence-electron chi connectivity index (χ3n) is 4.10.